The Morgan fingerprint density at radius 1 is 0.816 bits per heavy atom. The van der Waals surface area contributed by atoms with Gasteiger partial charge in [-0.2, -0.15) is 16.8 Å². The van der Waals surface area contributed by atoms with Gasteiger partial charge in [0, 0.05) is 18.6 Å². The van der Waals surface area contributed by atoms with Gasteiger partial charge in [-0.1, -0.05) is 82.7 Å². The molecule has 0 saturated carbocycles. The Hall–Kier alpha value is -2.63. The lowest BCUT2D eigenvalue weighted by Crippen LogP contribution is -2.21. The summed E-state index contributed by atoms with van der Waals surface area (Å²) in [5.74, 6) is -1.52. The second-order valence-electron chi connectivity index (χ2n) is 7.13. The molecule has 2 aromatic rings. The number of aliphatic hydroxyl groups excluding tert-OH is 1. The van der Waals surface area contributed by atoms with Crippen molar-refractivity contribution in [2.24, 2.45) is 10.3 Å². The fourth-order valence-corrected chi connectivity index (χ4v) is 6.00. The zero-order chi connectivity index (χ0) is 28.0. The van der Waals surface area contributed by atoms with E-state index >= 15 is 0 Å². The van der Waals surface area contributed by atoms with E-state index in [0.29, 0.717) is 11.1 Å². The number of esters is 1. The molecular weight excluding hydrogens is 581 g/mol. The number of carbonyl (C=O) groups is 1. The molecule has 0 fully saturated rings. The van der Waals surface area contributed by atoms with E-state index in [4.69, 9.17) is 4.74 Å². The highest BCUT2D eigenvalue weighted by Gasteiger charge is 2.21. The van der Waals surface area contributed by atoms with Gasteiger partial charge in [-0.25, -0.2) is 4.79 Å². The number of hydrogen-bond acceptors (Lipinski definition) is 14. The van der Waals surface area contributed by atoms with Crippen molar-refractivity contribution in [2.45, 2.75) is 17.8 Å². The Balaban J connectivity index is 1.97. The summed E-state index contributed by atoms with van der Waals surface area (Å²) in [6.45, 7) is 0. The summed E-state index contributed by atoms with van der Waals surface area (Å²) in [7, 11) is -5.95. The van der Waals surface area contributed by atoms with Gasteiger partial charge in [0.05, 0.1) is 7.11 Å². The molecule has 0 aliphatic heterocycles. The Morgan fingerprint density at radius 3 is 1.76 bits per heavy atom. The van der Waals surface area contributed by atoms with Gasteiger partial charge in [-0.15, -0.1) is 11.8 Å². The highest BCUT2D eigenvalue weighted by atomic mass is 32.2. The van der Waals surface area contributed by atoms with Gasteiger partial charge in [0.1, 0.15) is 11.5 Å². The van der Waals surface area contributed by atoms with Crippen molar-refractivity contribution in [1.29, 1.82) is 0 Å². The van der Waals surface area contributed by atoms with E-state index in [1.54, 1.807) is 60.7 Å². The van der Waals surface area contributed by atoms with Crippen LogP contribution in [-0.4, -0.2) is 70.0 Å². The third-order valence-electron chi connectivity index (χ3n) is 4.21. The first kappa shape index (κ1) is 31.6. The first-order chi connectivity index (χ1) is 18.0. The molecule has 12 nitrogen and oxygen atoms in total. The number of carbonyl (C=O) groups excluding carboxylic acids is 1. The number of rotatable bonds is 13. The normalized spacial score (nSPS) is 13.6. The summed E-state index contributed by atoms with van der Waals surface area (Å²) in [4.78, 5) is 12.0. The SMILES string of the molecule is COC(=O)/C(=N/OS(=O)(=O)Cc1ccccc1)SCCS/C(=N\OS(=O)(=O)Cc1ccccc1)C(O)OC. The summed E-state index contributed by atoms with van der Waals surface area (Å²) >= 11 is 1.70. The quantitative estimate of drug-likeness (QED) is 0.0884. The van der Waals surface area contributed by atoms with E-state index in [1.165, 1.54) is 7.11 Å². The molecular formula is C22H26N2O10S4. The van der Waals surface area contributed by atoms with Crippen LogP contribution < -0.4 is 0 Å². The molecule has 38 heavy (non-hydrogen) atoms. The van der Waals surface area contributed by atoms with Gasteiger partial charge in [0.15, 0.2) is 5.04 Å². The number of oxime groups is 2. The predicted octanol–water partition coefficient (Wildman–Crippen LogP) is 2.31. The summed E-state index contributed by atoms with van der Waals surface area (Å²) in [6, 6.07) is 16.6. The van der Waals surface area contributed by atoms with Crippen molar-refractivity contribution < 1.29 is 44.8 Å². The molecule has 16 heteroatoms. The zero-order valence-corrected chi connectivity index (χ0v) is 23.6. The zero-order valence-electron chi connectivity index (χ0n) is 20.3. The van der Waals surface area contributed by atoms with E-state index in [0.717, 1.165) is 30.6 Å². The third-order valence-corrected chi connectivity index (χ3v) is 8.35. The van der Waals surface area contributed by atoms with Gasteiger partial charge in [0.25, 0.3) is 0 Å². The first-order valence-electron chi connectivity index (χ1n) is 10.7. The molecule has 0 radical (unpaired) electrons. The molecule has 1 atom stereocenters. The maximum Gasteiger partial charge on any atom is 0.366 e. The van der Waals surface area contributed by atoms with Gasteiger partial charge in [-0.05, 0) is 11.1 Å². The van der Waals surface area contributed by atoms with Crippen LogP contribution in [0.3, 0.4) is 0 Å². The summed E-state index contributed by atoms with van der Waals surface area (Å²) < 4.78 is 67.6. The molecule has 2 rings (SSSR count). The number of thioether (sulfide) groups is 2. The fraction of sp³-hybridized carbons (Fsp3) is 0.318. The summed E-state index contributed by atoms with van der Waals surface area (Å²) in [6.07, 6.45) is -1.57. The molecule has 0 aromatic heterocycles. The lowest BCUT2D eigenvalue weighted by Gasteiger charge is -2.11. The maximum atomic E-state index is 12.2. The van der Waals surface area contributed by atoms with E-state index < -0.39 is 44.0 Å². The Morgan fingerprint density at radius 2 is 1.29 bits per heavy atom. The van der Waals surface area contributed by atoms with Crippen LogP contribution in [0.5, 0.6) is 0 Å². The van der Waals surface area contributed by atoms with Crippen LogP contribution in [0.1, 0.15) is 11.1 Å². The molecule has 0 spiro atoms. The second-order valence-corrected chi connectivity index (χ2v) is 12.4. The van der Waals surface area contributed by atoms with Crippen LogP contribution in [-0.2, 0) is 54.6 Å². The van der Waals surface area contributed by atoms with E-state index in [1.807, 2.05) is 0 Å². The Bertz CT molecular complexity index is 1300. The number of nitrogens with zero attached hydrogens (tertiary/aromatic N) is 2. The minimum atomic E-state index is -4.13. The van der Waals surface area contributed by atoms with Gasteiger partial charge in [0.2, 0.25) is 11.3 Å². The van der Waals surface area contributed by atoms with Crippen molar-refractivity contribution in [1.82, 2.24) is 0 Å². The molecule has 2 aromatic carbocycles. The molecule has 208 valence electrons. The number of ether oxygens (including phenoxy) is 2. The number of benzene rings is 2. The average Bonchev–Trinajstić information content (AvgIpc) is 2.89. The smallest absolute Gasteiger partial charge is 0.366 e. The molecule has 0 aliphatic rings. The van der Waals surface area contributed by atoms with Crippen molar-refractivity contribution in [3.8, 4) is 0 Å². The van der Waals surface area contributed by atoms with Crippen molar-refractivity contribution in [3.05, 3.63) is 71.8 Å². The van der Waals surface area contributed by atoms with Crippen molar-refractivity contribution >= 4 is 59.8 Å². The van der Waals surface area contributed by atoms with Crippen LogP contribution in [0.25, 0.3) is 0 Å². The number of aliphatic hydroxyl groups is 1. The highest BCUT2D eigenvalue weighted by molar-refractivity contribution is 8.18. The number of methoxy groups -OCH3 is 2. The summed E-state index contributed by atoms with van der Waals surface area (Å²) in [5, 5.41) is 16.4. The molecule has 1 N–H and O–H groups in total. The van der Waals surface area contributed by atoms with Crippen molar-refractivity contribution in [3.63, 3.8) is 0 Å². The Kier molecular flexibility index (Phi) is 13.1. The lowest BCUT2D eigenvalue weighted by atomic mass is 10.2. The highest BCUT2D eigenvalue weighted by Crippen LogP contribution is 2.17. The predicted molar refractivity (Wildman–Crippen MR) is 145 cm³/mol. The standard InChI is InChI=1S/C22H26N2O10S4/c1-31-21(25)19(23-33-37(27,28)15-17-9-5-3-6-10-17)35-13-14-36-20(22(26)32-2)24-34-38(29,30)16-18-11-7-4-8-12-18/h3-12,21,25H,13-16H2,1-2H3/b23-19-,24-20-. The van der Waals surface area contributed by atoms with E-state index in [-0.39, 0.29) is 21.6 Å². The summed E-state index contributed by atoms with van der Waals surface area (Å²) in [5.41, 5.74) is 0.964. The van der Waals surface area contributed by atoms with Crippen LogP contribution in [0.4, 0.5) is 0 Å². The van der Waals surface area contributed by atoms with E-state index in [9.17, 15) is 26.7 Å². The fourth-order valence-electron chi connectivity index (χ4n) is 2.53. The molecule has 0 bridgehead atoms. The van der Waals surface area contributed by atoms with Crippen LogP contribution >= 0.6 is 23.5 Å². The maximum absolute atomic E-state index is 12.2. The van der Waals surface area contributed by atoms with E-state index in [2.05, 4.69) is 23.6 Å². The minimum Gasteiger partial charge on any atom is -0.464 e. The van der Waals surface area contributed by atoms with Crippen LogP contribution in [0.2, 0.25) is 0 Å². The average molecular weight is 607 g/mol. The second kappa shape index (κ2) is 15.7. The van der Waals surface area contributed by atoms with Gasteiger partial charge in [-0.3, -0.25) is 8.57 Å². The van der Waals surface area contributed by atoms with Gasteiger partial charge < -0.3 is 14.6 Å². The minimum absolute atomic E-state index is 0.132. The Labute approximate surface area is 229 Å². The molecule has 0 heterocycles. The molecule has 0 saturated heterocycles. The molecule has 0 aliphatic carbocycles. The first-order valence-corrected chi connectivity index (χ1v) is 15.8. The lowest BCUT2D eigenvalue weighted by molar-refractivity contribution is -0.132. The topological polar surface area (TPSA) is 167 Å². The molecule has 1 unspecified atom stereocenters. The van der Waals surface area contributed by atoms with Gasteiger partial charge >= 0.3 is 26.2 Å². The van der Waals surface area contributed by atoms with Crippen LogP contribution in [0.15, 0.2) is 71.0 Å². The third kappa shape index (κ3) is 11.8. The monoisotopic (exact) mass is 606 g/mol. The van der Waals surface area contributed by atoms with Crippen LogP contribution in [0, 0.1) is 0 Å². The van der Waals surface area contributed by atoms with Crippen molar-refractivity contribution in [2.75, 3.05) is 25.7 Å². The molecule has 0 amide bonds. The largest absolute Gasteiger partial charge is 0.464 e. The number of hydrogen-bond donors (Lipinski definition) is 1.